The van der Waals surface area contributed by atoms with Crippen molar-refractivity contribution in [1.29, 1.82) is 0 Å². The lowest BCUT2D eigenvalue weighted by Crippen LogP contribution is -2.39. The quantitative estimate of drug-likeness (QED) is 0.904. The predicted molar refractivity (Wildman–Crippen MR) is 75.8 cm³/mol. The van der Waals surface area contributed by atoms with Crippen LogP contribution < -0.4 is 0 Å². The zero-order chi connectivity index (χ0) is 14.7. The monoisotopic (exact) mass is 345 g/mol. The number of benzene rings is 1. The lowest BCUT2D eigenvalue weighted by Gasteiger charge is -2.22. The molecule has 20 heavy (non-hydrogen) atoms. The molecule has 0 aromatic heterocycles. The molecule has 1 aromatic carbocycles. The molecular weight excluding hydrogens is 329 g/mol. The Hall–Kier alpha value is -0.980. The predicted octanol–water partition coefficient (Wildman–Crippen LogP) is 1.74. The third-order valence-corrected chi connectivity index (χ3v) is 4.19. The summed E-state index contributed by atoms with van der Waals surface area (Å²) < 4.78 is 18.8. The number of nitrogens with zero attached hydrogens (tertiary/aromatic N) is 1. The van der Waals surface area contributed by atoms with E-state index in [1.54, 1.807) is 24.1 Å². The van der Waals surface area contributed by atoms with Gasteiger partial charge in [0, 0.05) is 13.7 Å². The number of methoxy groups -OCH3 is 1. The minimum Gasteiger partial charge on any atom is -0.394 e. The van der Waals surface area contributed by atoms with Gasteiger partial charge in [-0.2, -0.15) is 0 Å². The number of hydrogen-bond donors (Lipinski definition) is 1. The van der Waals surface area contributed by atoms with E-state index in [1.807, 2.05) is 0 Å². The first-order valence-electron chi connectivity index (χ1n) is 6.42. The zero-order valence-electron chi connectivity index (χ0n) is 11.2. The summed E-state index contributed by atoms with van der Waals surface area (Å²) in [5.41, 5.74) is 0.737. The van der Waals surface area contributed by atoms with Crippen LogP contribution in [0.5, 0.6) is 0 Å². The van der Waals surface area contributed by atoms with E-state index in [9.17, 15) is 14.3 Å². The maximum Gasteiger partial charge on any atom is 0.227 e. The topological polar surface area (TPSA) is 49.8 Å². The van der Waals surface area contributed by atoms with Gasteiger partial charge in [0.15, 0.2) is 0 Å². The first kappa shape index (κ1) is 15.4. The number of ether oxygens (including phenoxy) is 1. The van der Waals surface area contributed by atoms with Crippen molar-refractivity contribution < 1.29 is 19.0 Å². The molecule has 110 valence electrons. The highest BCUT2D eigenvalue weighted by Crippen LogP contribution is 2.22. The Morgan fingerprint density at radius 2 is 2.35 bits per heavy atom. The molecule has 1 aliphatic heterocycles. The molecule has 1 aromatic rings. The second kappa shape index (κ2) is 6.65. The Balaban J connectivity index is 2.05. The van der Waals surface area contributed by atoms with Crippen LogP contribution in [0.4, 0.5) is 4.39 Å². The molecule has 4 nitrogen and oxygen atoms in total. The molecule has 0 saturated carbocycles. The van der Waals surface area contributed by atoms with Crippen LogP contribution in [-0.4, -0.2) is 48.3 Å². The third-order valence-electron chi connectivity index (χ3n) is 3.58. The molecule has 0 unspecified atom stereocenters. The Morgan fingerprint density at radius 1 is 1.60 bits per heavy atom. The first-order chi connectivity index (χ1) is 9.55. The fourth-order valence-corrected chi connectivity index (χ4v) is 2.87. The van der Waals surface area contributed by atoms with E-state index in [-0.39, 0.29) is 36.9 Å². The number of aliphatic hydroxyl groups excluding tert-OH is 1. The first-order valence-corrected chi connectivity index (χ1v) is 7.21. The normalized spacial score (nSPS) is 22.3. The van der Waals surface area contributed by atoms with Crippen molar-refractivity contribution in [2.45, 2.75) is 25.0 Å². The molecule has 1 fully saturated rings. The van der Waals surface area contributed by atoms with Crippen LogP contribution in [-0.2, 0) is 16.0 Å². The summed E-state index contributed by atoms with van der Waals surface area (Å²) in [7, 11) is 1.60. The lowest BCUT2D eigenvalue weighted by molar-refractivity contribution is -0.132. The number of amides is 1. The summed E-state index contributed by atoms with van der Waals surface area (Å²) in [6.07, 6.45) is 0.800. The van der Waals surface area contributed by atoms with Crippen LogP contribution in [0.2, 0.25) is 0 Å². The summed E-state index contributed by atoms with van der Waals surface area (Å²) in [4.78, 5) is 13.9. The van der Waals surface area contributed by atoms with Crippen LogP contribution in [0.25, 0.3) is 0 Å². The molecule has 1 aliphatic rings. The molecule has 1 N–H and O–H groups in total. The minimum atomic E-state index is -0.352. The summed E-state index contributed by atoms with van der Waals surface area (Å²) >= 11 is 3.11. The number of carbonyl (C=O) groups excluding carboxylic acids is 1. The third kappa shape index (κ3) is 3.37. The lowest BCUT2D eigenvalue weighted by atomic mass is 10.1. The number of rotatable bonds is 4. The minimum absolute atomic E-state index is 0.0314. The van der Waals surface area contributed by atoms with E-state index >= 15 is 0 Å². The average molecular weight is 346 g/mol. The average Bonchev–Trinajstić information content (AvgIpc) is 2.86. The van der Waals surface area contributed by atoms with Crippen LogP contribution in [0, 0.1) is 5.82 Å². The summed E-state index contributed by atoms with van der Waals surface area (Å²) in [5, 5.41) is 9.34. The van der Waals surface area contributed by atoms with Crippen molar-refractivity contribution in [3.8, 4) is 0 Å². The Bertz CT molecular complexity index is 497. The smallest absolute Gasteiger partial charge is 0.227 e. The number of hydrogen-bond acceptors (Lipinski definition) is 3. The summed E-state index contributed by atoms with van der Waals surface area (Å²) in [6.45, 7) is 0.418. The standard InChI is InChI=1S/C14H17BrFNO3/c1-20-11-6-10(8-18)17(7-11)14(19)5-9-2-3-13(16)12(15)4-9/h2-4,10-11,18H,5-8H2,1H3/t10-,11-/m0/s1. The van der Waals surface area contributed by atoms with Gasteiger partial charge in [-0.05, 0) is 40.0 Å². The van der Waals surface area contributed by atoms with Crippen LogP contribution in [0.3, 0.4) is 0 Å². The highest BCUT2D eigenvalue weighted by molar-refractivity contribution is 9.10. The molecule has 2 rings (SSSR count). The van der Waals surface area contributed by atoms with Crippen molar-refractivity contribution in [2.24, 2.45) is 0 Å². The number of halogens is 2. The maximum atomic E-state index is 13.2. The number of carbonyl (C=O) groups is 1. The molecule has 0 spiro atoms. The highest BCUT2D eigenvalue weighted by Gasteiger charge is 2.34. The largest absolute Gasteiger partial charge is 0.394 e. The fourth-order valence-electron chi connectivity index (χ4n) is 2.45. The molecule has 0 bridgehead atoms. The number of aliphatic hydroxyl groups is 1. The SMILES string of the molecule is CO[C@H]1C[C@@H](CO)N(C(=O)Cc2ccc(F)c(Br)c2)C1. The van der Waals surface area contributed by atoms with E-state index in [2.05, 4.69) is 15.9 Å². The van der Waals surface area contributed by atoms with Crippen molar-refractivity contribution >= 4 is 21.8 Å². The second-order valence-corrected chi connectivity index (χ2v) is 5.76. The van der Waals surface area contributed by atoms with E-state index in [0.29, 0.717) is 17.4 Å². The summed E-state index contributed by atoms with van der Waals surface area (Å²) in [6, 6.07) is 4.33. The van der Waals surface area contributed by atoms with Crippen molar-refractivity contribution in [3.05, 3.63) is 34.1 Å². The van der Waals surface area contributed by atoms with Crippen molar-refractivity contribution in [3.63, 3.8) is 0 Å². The molecule has 1 heterocycles. The Kier molecular flexibility index (Phi) is 5.12. The van der Waals surface area contributed by atoms with Crippen LogP contribution in [0.1, 0.15) is 12.0 Å². The van der Waals surface area contributed by atoms with Gasteiger partial charge in [0.05, 0.1) is 29.6 Å². The molecular formula is C14H17BrFNO3. The molecule has 6 heteroatoms. The van der Waals surface area contributed by atoms with Gasteiger partial charge >= 0.3 is 0 Å². The Morgan fingerprint density at radius 3 is 2.95 bits per heavy atom. The molecule has 1 saturated heterocycles. The van der Waals surface area contributed by atoms with Gasteiger partial charge in [-0.25, -0.2) is 4.39 Å². The van der Waals surface area contributed by atoms with E-state index in [0.717, 1.165) is 5.56 Å². The van der Waals surface area contributed by atoms with Crippen LogP contribution >= 0.6 is 15.9 Å². The van der Waals surface area contributed by atoms with Crippen molar-refractivity contribution in [1.82, 2.24) is 4.90 Å². The molecule has 0 radical (unpaired) electrons. The van der Waals surface area contributed by atoms with E-state index < -0.39 is 0 Å². The van der Waals surface area contributed by atoms with Crippen molar-refractivity contribution in [2.75, 3.05) is 20.3 Å². The fraction of sp³-hybridized carbons (Fsp3) is 0.500. The molecule has 0 aliphatic carbocycles. The van der Waals surface area contributed by atoms with Gasteiger partial charge in [-0.3, -0.25) is 4.79 Å². The zero-order valence-corrected chi connectivity index (χ0v) is 12.8. The van der Waals surface area contributed by atoms with Crippen LogP contribution in [0.15, 0.2) is 22.7 Å². The molecule has 1 amide bonds. The number of likely N-dealkylation sites (tertiary alicyclic amines) is 1. The van der Waals surface area contributed by atoms with Gasteiger partial charge < -0.3 is 14.7 Å². The van der Waals surface area contributed by atoms with Gasteiger partial charge in [0.1, 0.15) is 5.82 Å². The molecule has 2 atom stereocenters. The second-order valence-electron chi connectivity index (χ2n) is 4.90. The Labute approximate surface area is 125 Å². The van der Waals surface area contributed by atoms with Gasteiger partial charge in [-0.1, -0.05) is 6.07 Å². The van der Waals surface area contributed by atoms with E-state index in [4.69, 9.17) is 4.74 Å². The maximum absolute atomic E-state index is 13.2. The summed E-state index contributed by atoms with van der Waals surface area (Å²) in [5.74, 6) is -0.433. The van der Waals surface area contributed by atoms with Gasteiger partial charge in [-0.15, -0.1) is 0 Å². The highest BCUT2D eigenvalue weighted by atomic mass is 79.9. The van der Waals surface area contributed by atoms with E-state index in [1.165, 1.54) is 6.07 Å². The van der Waals surface area contributed by atoms with Gasteiger partial charge in [0.2, 0.25) is 5.91 Å². The van der Waals surface area contributed by atoms with Gasteiger partial charge in [0.25, 0.3) is 0 Å².